The predicted octanol–water partition coefficient (Wildman–Crippen LogP) is 1.11. The van der Waals surface area contributed by atoms with E-state index in [0.717, 1.165) is 38.8 Å². The van der Waals surface area contributed by atoms with E-state index >= 15 is 0 Å². The Morgan fingerprint density at radius 2 is 1.86 bits per heavy atom. The van der Waals surface area contributed by atoms with Crippen molar-refractivity contribution in [3.05, 3.63) is 0 Å². The molecule has 2 aliphatic rings. The van der Waals surface area contributed by atoms with Gasteiger partial charge in [0.2, 0.25) is 0 Å². The van der Waals surface area contributed by atoms with Crippen molar-refractivity contribution in [3.8, 4) is 0 Å². The van der Waals surface area contributed by atoms with Crippen molar-refractivity contribution < 1.29 is 19.7 Å². The van der Waals surface area contributed by atoms with Crippen molar-refractivity contribution in [2.24, 2.45) is 0 Å². The van der Waals surface area contributed by atoms with Gasteiger partial charge in [0.15, 0.2) is 0 Å². The SMILES string of the molecule is CC(C)(C)OC(=O)N1CCCC(O)C1.OC1CCCNC1. The van der Waals surface area contributed by atoms with Gasteiger partial charge in [-0.15, -0.1) is 0 Å². The van der Waals surface area contributed by atoms with Crippen LogP contribution in [0.1, 0.15) is 46.5 Å². The molecular weight excluding hydrogens is 272 g/mol. The molecule has 2 rings (SSSR count). The summed E-state index contributed by atoms with van der Waals surface area (Å²) in [5.41, 5.74) is -0.459. The highest BCUT2D eigenvalue weighted by Gasteiger charge is 2.26. The van der Waals surface area contributed by atoms with Gasteiger partial charge in [-0.1, -0.05) is 0 Å². The van der Waals surface area contributed by atoms with E-state index in [1.165, 1.54) is 0 Å². The molecule has 2 atom stereocenters. The summed E-state index contributed by atoms with van der Waals surface area (Å²) in [5.74, 6) is 0. The quantitative estimate of drug-likeness (QED) is 0.624. The maximum absolute atomic E-state index is 11.6. The van der Waals surface area contributed by atoms with Crippen LogP contribution in [-0.2, 0) is 4.74 Å². The molecule has 1 amide bonds. The second-order valence-electron chi connectivity index (χ2n) is 6.72. The molecule has 0 spiro atoms. The lowest BCUT2D eigenvalue weighted by Crippen LogP contribution is -2.44. The minimum Gasteiger partial charge on any atom is -0.444 e. The first kappa shape index (κ1) is 18.2. The van der Waals surface area contributed by atoms with E-state index in [-0.39, 0.29) is 12.2 Å². The first-order valence-electron chi connectivity index (χ1n) is 7.82. The van der Waals surface area contributed by atoms with Gasteiger partial charge < -0.3 is 25.2 Å². The number of rotatable bonds is 0. The number of amides is 1. The number of piperidine rings is 2. The van der Waals surface area contributed by atoms with Crippen LogP contribution in [0.5, 0.6) is 0 Å². The molecule has 0 saturated carbocycles. The summed E-state index contributed by atoms with van der Waals surface area (Å²) in [6.07, 6.45) is 2.94. The maximum Gasteiger partial charge on any atom is 0.410 e. The van der Waals surface area contributed by atoms with Crippen LogP contribution in [0.4, 0.5) is 4.79 Å². The van der Waals surface area contributed by atoms with E-state index in [1.807, 2.05) is 20.8 Å². The van der Waals surface area contributed by atoms with Crippen LogP contribution in [0.3, 0.4) is 0 Å². The first-order valence-corrected chi connectivity index (χ1v) is 7.82. The average molecular weight is 302 g/mol. The highest BCUT2D eigenvalue weighted by atomic mass is 16.6. The highest BCUT2D eigenvalue weighted by molar-refractivity contribution is 5.68. The van der Waals surface area contributed by atoms with Crippen LogP contribution in [0.25, 0.3) is 0 Å². The lowest BCUT2D eigenvalue weighted by atomic mass is 10.1. The van der Waals surface area contributed by atoms with Gasteiger partial charge in [-0.25, -0.2) is 4.79 Å². The molecule has 0 aromatic rings. The summed E-state index contributed by atoms with van der Waals surface area (Å²) in [6.45, 7) is 8.47. The van der Waals surface area contributed by atoms with Gasteiger partial charge in [-0.2, -0.15) is 0 Å². The van der Waals surface area contributed by atoms with Gasteiger partial charge in [0.05, 0.1) is 12.2 Å². The molecule has 2 unspecified atom stereocenters. The van der Waals surface area contributed by atoms with Crippen molar-refractivity contribution in [2.45, 2.75) is 64.3 Å². The molecule has 0 radical (unpaired) electrons. The number of likely N-dealkylation sites (tertiary alicyclic amines) is 1. The molecule has 0 aromatic carbocycles. The Labute approximate surface area is 127 Å². The smallest absolute Gasteiger partial charge is 0.410 e. The van der Waals surface area contributed by atoms with Gasteiger partial charge in [0.25, 0.3) is 0 Å². The molecule has 2 saturated heterocycles. The molecule has 3 N–H and O–H groups in total. The molecule has 2 heterocycles. The van der Waals surface area contributed by atoms with Gasteiger partial charge in [0, 0.05) is 19.6 Å². The summed E-state index contributed by atoms with van der Waals surface area (Å²) < 4.78 is 5.20. The number of nitrogens with one attached hydrogen (secondary N) is 1. The van der Waals surface area contributed by atoms with Crippen molar-refractivity contribution in [2.75, 3.05) is 26.2 Å². The zero-order chi connectivity index (χ0) is 15.9. The van der Waals surface area contributed by atoms with Crippen molar-refractivity contribution in [1.82, 2.24) is 10.2 Å². The second-order valence-corrected chi connectivity index (χ2v) is 6.72. The van der Waals surface area contributed by atoms with E-state index in [4.69, 9.17) is 9.84 Å². The monoisotopic (exact) mass is 302 g/mol. The van der Waals surface area contributed by atoms with E-state index in [9.17, 15) is 9.90 Å². The van der Waals surface area contributed by atoms with E-state index in [0.29, 0.717) is 13.1 Å². The molecule has 6 heteroatoms. The van der Waals surface area contributed by atoms with Gasteiger partial charge in [-0.05, 0) is 53.0 Å². The molecule has 0 bridgehead atoms. The number of nitrogens with zero attached hydrogens (tertiary/aromatic N) is 1. The number of hydrogen-bond donors (Lipinski definition) is 3. The molecule has 0 aliphatic carbocycles. The van der Waals surface area contributed by atoms with Crippen LogP contribution in [0, 0.1) is 0 Å². The fraction of sp³-hybridized carbons (Fsp3) is 0.933. The Kier molecular flexibility index (Phi) is 7.42. The Bertz CT molecular complexity index is 311. The summed E-state index contributed by atoms with van der Waals surface area (Å²) in [5, 5.41) is 21.3. The third-order valence-electron chi connectivity index (χ3n) is 3.32. The van der Waals surface area contributed by atoms with Crippen LogP contribution in [0.2, 0.25) is 0 Å². The van der Waals surface area contributed by atoms with Gasteiger partial charge >= 0.3 is 6.09 Å². The molecule has 2 fully saturated rings. The Hall–Kier alpha value is -0.850. The average Bonchev–Trinajstić information content (AvgIpc) is 2.38. The van der Waals surface area contributed by atoms with Crippen molar-refractivity contribution in [1.29, 1.82) is 0 Å². The summed E-state index contributed by atoms with van der Waals surface area (Å²) in [7, 11) is 0. The molecule has 6 nitrogen and oxygen atoms in total. The highest BCUT2D eigenvalue weighted by Crippen LogP contribution is 2.14. The Morgan fingerprint density at radius 1 is 1.19 bits per heavy atom. The third-order valence-corrected chi connectivity index (χ3v) is 3.32. The number of ether oxygens (including phenoxy) is 1. The third kappa shape index (κ3) is 8.24. The Balaban J connectivity index is 0.000000262. The summed E-state index contributed by atoms with van der Waals surface area (Å²) in [4.78, 5) is 13.1. The normalized spacial score (nSPS) is 26.6. The number of β-amino-alcohol motifs (C(OH)–C–C–N with tert-alkyl or cyclic N) is 2. The molecule has 0 aromatic heterocycles. The number of carbonyl (C=O) groups is 1. The maximum atomic E-state index is 11.6. The first-order chi connectivity index (χ1) is 9.78. The zero-order valence-corrected chi connectivity index (χ0v) is 13.5. The summed E-state index contributed by atoms with van der Waals surface area (Å²) >= 11 is 0. The number of carbonyl (C=O) groups excluding carboxylic acids is 1. The number of aliphatic hydroxyl groups excluding tert-OH is 2. The summed E-state index contributed by atoms with van der Waals surface area (Å²) in [6, 6.07) is 0. The van der Waals surface area contributed by atoms with E-state index < -0.39 is 11.7 Å². The van der Waals surface area contributed by atoms with Crippen molar-refractivity contribution >= 4 is 6.09 Å². The lowest BCUT2D eigenvalue weighted by molar-refractivity contribution is 0.00391. The molecular formula is C15H30N2O4. The number of hydrogen-bond acceptors (Lipinski definition) is 5. The number of aliphatic hydroxyl groups is 2. The van der Waals surface area contributed by atoms with Crippen LogP contribution < -0.4 is 5.32 Å². The van der Waals surface area contributed by atoms with E-state index in [2.05, 4.69) is 5.32 Å². The Morgan fingerprint density at radius 3 is 2.29 bits per heavy atom. The molecule has 2 aliphatic heterocycles. The lowest BCUT2D eigenvalue weighted by Gasteiger charge is -2.32. The standard InChI is InChI=1S/C10H19NO3.C5H11NO/c1-10(2,3)14-9(13)11-6-4-5-8(12)7-11;7-5-2-1-3-6-4-5/h8,12H,4-7H2,1-3H3;5-7H,1-4H2. The largest absolute Gasteiger partial charge is 0.444 e. The fourth-order valence-electron chi connectivity index (χ4n) is 2.28. The second kappa shape index (κ2) is 8.56. The minimum absolute atomic E-state index is 0.0752. The van der Waals surface area contributed by atoms with Crippen molar-refractivity contribution in [3.63, 3.8) is 0 Å². The van der Waals surface area contributed by atoms with E-state index in [1.54, 1.807) is 4.90 Å². The predicted molar refractivity (Wildman–Crippen MR) is 81.2 cm³/mol. The van der Waals surface area contributed by atoms with Gasteiger partial charge in [0.1, 0.15) is 5.60 Å². The zero-order valence-electron chi connectivity index (χ0n) is 13.5. The van der Waals surface area contributed by atoms with Crippen LogP contribution in [-0.4, -0.2) is 65.2 Å². The topological polar surface area (TPSA) is 82.0 Å². The molecule has 21 heavy (non-hydrogen) atoms. The molecule has 124 valence electrons. The van der Waals surface area contributed by atoms with Crippen LogP contribution >= 0.6 is 0 Å². The fourth-order valence-corrected chi connectivity index (χ4v) is 2.28. The van der Waals surface area contributed by atoms with Crippen LogP contribution in [0.15, 0.2) is 0 Å². The minimum atomic E-state index is -0.459. The van der Waals surface area contributed by atoms with Gasteiger partial charge in [-0.3, -0.25) is 0 Å².